The van der Waals surface area contributed by atoms with Crippen LogP contribution in [0.5, 0.6) is 5.75 Å². The van der Waals surface area contributed by atoms with Gasteiger partial charge in [0.25, 0.3) is 5.56 Å². The lowest BCUT2D eigenvalue weighted by atomic mass is 9.98. The van der Waals surface area contributed by atoms with E-state index in [-0.39, 0.29) is 11.6 Å². The molecule has 5 rings (SSSR count). The fourth-order valence-corrected chi connectivity index (χ4v) is 4.65. The molecule has 1 aromatic heterocycles. The van der Waals surface area contributed by atoms with Crippen LogP contribution in [0.15, 0.2) is 108 Å². The van der Waals surface area contributed by atoms with Gasteiger partial charge in [0.2, 0.25) is 0 Å². The van der Waals surface area contributed by atoms with Gasteiger partial charge >= 0.3 is 0 Å². The zero-order chi connectivity index (χ0) is 25.1. The van der Waals surface area contributed by atoms with E-state index in [9.17, 15) is 4.79 Å². The van der Waals surface area contributed by atoms with Crippen molar-refractivity contribution >= 4 is 22.3 Å². The Morgan fingerprint density at radius 3 is 2.00 bits per heavy atom. The number of anilines is 2. The number of aromatic nitrogens is 2. The minimum absolute atomic E-state index is 0.0582. The largest absolute Gasteiger partial charge is 0.494 e. The summed E-state index contributed by atoms with van der Waals surface area (Å²) in [6.45, 7) is 4.50. The molecule has 5 heteroatoms. The summed E-state index contributed by atoms with van der Waals surface area (Å²) >= 11 is 0. The first-order valence-corrected chi connectivity index (χ1v) is 12.2. The number of rotatable bonds is 7. The third kappa shape index (κ3) is 4.48. The van der Waals surface area contributed by atoms with Crippen LogP contribution in [-0.2, 0) is 0 Å². The number of nitrogens with zero attached hydrogens (tertiary/aromatic N) is 3. The van der Waals surface area contributed by atoms with E-state index in [0.717, 1.165) is 28.3 Å². The van der Waals surface area contributed by atoms with Crippen molar-refractivity contribution in [2.24, 2.45) is 0 Å². The molecule has 4 aromatic carbocycles. The maximum Gasteiger partial charge on any atom is 0.262 e. The zero-order valence-corrected chi connectivity index (χ0v) is 20.8. The molecule has 0 radical (unpaired) electrons. The van der Waals surface area contributed by atoms with Crippen molar-refractivity contribution < 1.29 is 4.74 Å². The number of hydrogen-bond donors (Lipinski definition) is 0. The van der Waals surface area contributed by atoms with Gasteiger partial charge < -0.3 is 9.64 Å². The molecule has 0 unspecified atom stereocenters. The molecule has 0 fully saturated rings. The topological polar surface area (TPSA) is 47.4 Å². The summed E-state index contributed by atoms with van der Waals surface area (Å²) in [5.41, 5.74) is 4.63. The van der Waals surface area contributed by atoms with Gasteiger partial charge in [-0.3, -0.25) is 9.36 Å². The summed E-state index contributed by atoms with van der Waals surface area (Å²) in [5.74, 6) is 1.52. The van der Waals surface area contributed by atoms with Gasteiger partial charge in [0.1, 0.15) is 11.6 Å². The fraction of sp³-hybridized carbons (Fsp3) is 0.161. The summed E-state index contributed by atoms with van der Waals surface area (Å²) < 4.78 is 7.38. The van der Waals surface area contributed by atoms with Crippen molar-refractivity contribution in [2.45, 2.75) is 19.9 Å². The average Bonchev–Trinajstić information content (AvgIpc) is 2.92. The summed E-state index contributed by atoms with van der Waals surface area (Å²) in [6, 6.07) is 33.8. The Balaban J connectivity index is 1.63. The average molecular weight is 476 g/mol. The smallest absolute Gasteiger partial charge is 0.262 e. The van der Waals surface area contributed by atoms with Gasteiger partial charge in [0.05, 0.1) is 23.6 Å². The van der Waals surface area contributed by atoms with Crippen LogP contribution in [0.4, 0.5) is 11.4 Å². The van der Waals surface area contributed by atoms with Crippen LogP contribution in [0.2, 0.25) is 0 Å². The van der Waals surface area contributed by atoms with Gasteiger partial charge in [-0.1, -0.05) is 60.7 Å². The lowest BCUT2D eigenvalue weighted by Crippen LogP contribution is -2.29. The Labute approximate surface area is 211 Å². The van der Waals surface area contributed by atoms with Gasteiger partial charge in [-0.05, 0) is 67.4 Å². The molecule has 0 aliphatic rings. The Morgan fingerprint density at radius 1 is 0.833 bits per heavy atom. The number of hydrogen-bond acceptors (Lipinski definition) is 4. The molecular weight excluding hydrogens is 446 g/mol. The molecule has 0 spiro atoms. The monoisotopic (exact) mass is 475 g/mol. The Bertz CT molecular complexity index is 1490. The van der Waals surface area contributed by atoms with Gasteiger partial charge in [0.15, 0.2) is 0 Å². The molecule has 0 amide bonds. The number of ether oxygens (including phenoxy) is 1. The summed E-state index contributed by atoms with van der Waals surface area (Å²) in [6.07, 6.45) is 0. The highest BCUT2D eigenvalue weighted by molar-refractivity contribution is 5.83. The highest BCUT2D eigenvalue weighted by Gasteiger charge is 2.21. The van der Waals surface area contributed by atoms with Crippen LogP contribution >= 0.6 is 0 Å². The Kier molecular flexibility index (Phi) is 6.54. The van der Waals surface area contributed by atoms with Crippen molar-refractivity contribution in [3.8, 4) is 5.75 Å². The van der Waals surface area contributed by atoms with E-state index in [4.69, 9.17) is 9.72 Å². The summed E-state index contributed by atoms with van der Waals surface area (Å²) in [5, 5.41) is 0.591. The molecule has 0 saturated carbocycles. The molecule has 0 N–H and O–H groups in total. The predicted molar refractivity (Wildman–Crippen MR) is 147 cm³/mol. The van der Waals surface area contributed by atoms with E-state index in [1.807, 2.05) is 104 Å². The maximum absolute atomic E-state index is 14.1. The molecule has 0 aliphatic heterocycles. The summed E-state index contributed by atoms with van der Waals surface area (Å²) in [4.78, 5) is 21.0. The maximum atomic E-state index is 14.1. The first-order valence-electron chi connectivity index (χ1n) is 12.2. The lowest BCUT2D eigenvalue weighted by molar-refractivity contribution is 0.340. The van der Waals surface area contributed by atoms with Gasteiger partial charge in [-0.2, -0.15) is 0 Å². The molecule has 0 bridgehead atoms. The van der Waals surface area contributed by atoms with E-state index in [0.29, 0.717) is 23.3 Å². The van der Waals surface area contributed by atoms with Crippen molar-refractivity contribution in [2.75, 3.05) is 18.6 Å². The molecule has 5 aromatic rings. The van der Waals surface area contributed by atoms with E-state index in [1.165, 1.54) is 0 Å². The van der Waals surface area contributed by atoms with E-state index in [1.54, 1.807) is 0 Å². The van der Waals surface area contributed by atoms with Crippen molar-refractivity contribution in [3.63, 3.8) is 0 Å². The highest BCUT2D eigenvalue weighted by Crippen LogP contribution is 2.30. The third-order valence-corrected chi connectivity index (χ3v) is 6.47. The second-order valence-electron chi connectivity index (χ2n) is 8.75. The fourth-order valence-electron chi connectivity index (χ4n) is 4.65. The first-order chi connectivity index (χ1) is 17.6. The van der Waals surface area contributed by atoms with E-state index in [2.05, 4.69) is 29.2 Å². The van der Waals surface area contributed by atoms with Crippen molar-refractivity contribution in [1.82, 2.24) is 9.55 Å². The molecule has 0 atom stereocenters. The number of benzene rings is 4. The second kappa shape index (κ2) is 10.1. The van der Waals surface area contributed by atoms with Crippen LogP contribution in [0, 0.1) is 6.92 Å². The molecule has 0 saturated heterocycles. The van der Waals surface area contributed by atoms with Crippen LogP contribution in [0.3, 0.4) is 0 Å². The van der Waals surface area contributed by atoms with Crippen LogP contribution < -0.4 is 15.2 Å². The lowest BCUT2D eigenvalue weighted by Gasteiger charge is -2.24. The quantitative estimate of drug-likeness (QED) is 0.269. The molecule has 5 nitrogen and oxygen atoms in total. The molecule has 0 aliphatic carbocycles. The normalized spacial score (nSPS) is 11.1. The molecule has 36 heavy (non-hydrogen) atoms. The van der Waals surface area contributed by atoms with Gasteiger partial charge in [-0.15, -0.1) is 0 Å². The number of aryl methyl sites for hydroxylation is 1. The standard InChI is InChI=1S/C31H29N3O2/c1-4-36-27-18-15-25(16-19-27)33(3)26-17-20-29-28(21-26)31(35)34(22(2)32-29)30(23-11-7-5-8-12-23)24-13-9-6-10-14-24/h5-21,30H,4H2,1-3H3. The Hall–Kier alpha value is -4.38. The third-order valence-electron chi connectivity index (χ3n) is 6.47. The van der Waals surface area contributed by atoms with Crippen LogP contribution in [0.1, 0.15) is 29.9 Å². The SMILES string of the molecule is CCOc1ccc(N(C)c2ccc3nc(C)n(C(c4ccccc4)c4ccccc4)c(=O)c3c2)cc1. The first kappa shape index (κ1) is 23.4. The molecular formula is C31H29N3O2. The summed E-state index contributed by atoms with van der Waals surface area (Å²) in [7, 11) is 1.99. The van der Waals surface area contributed by atoms with E-state index < -0.39 is 0 Å². The minimum Gasteiger partial charge on any atom is -0.494 e. The van der Waals surface area contributed by atoms with Crippen molar-refractivity contribution in [1.29, 1.82) is 0 Å². The van der Waals surface area contributed by atoms with Crippen LogP contribution in [0.25, 0.3) is 10.9 Å². The molecule has 180 valence electrons. The highest BCUT2D eigenvalue weighted by atomic mass is 16.5. The van der Waals surface area contributed by atoms with E-state index >= 15 is 0 Å². The van der Waals surface area contributed by atoms with Gasteiger partial charge in [-0.25, -0.2) is 4.98 Å². The minimum atomic E-state index is -0.274. The van der Waals surface area contributed by atoms with Crippen molar-refractivity contribution in [3.05, 3.63) is 130 Å². The molecule has 1 heterocycles. The zero-order valence-electron chi connectivity index (χ0n) is 20.8. The van der Waals surface area contributed by atoms with Crippen LogP contribution in [-0.4, -0.2) is 23.2 Å². The second-order valence-corrected chi connectivity index (χ2v) is 8.75. The predicted octanol–water partition coefficient (Wildman–Crippen LogP) is 6.51. The number of fused-ring (bicyclic) bond motifs is 1. The van der Waals surface area contributed by atoms with Gasteiger partial charge in [0, 0.05) is 18.4 Å². The Morgan fingerprint density at radius 2 is 1.42 bits per heavy atom.